The van der Waals surface area contributed by atoms with E-state index in [-0.39, 0.29) is 0 Å². The molecular formula is C11H13Cl2NZr. The summed E-state index contributed by atoms with van der Waals surface area (Å²) in [4.78, 5) is 2.13. The van der Waals surface area contributed by atoms with Crippen molar-refractivity contribution < 1.29 is 20.8 Å². The molecule has 0 aromatic heterocycles. The number of hydrogen-bond acceptors (Lipinski definition) is 1. The number of rotatable bonds is 1. The molecule has 0 saturated carbocycles. The van der Waals surface area contributed by atoms with Crippen molar-refractivity contribution in [1.82, 2.24) is 0 Å². The molecule has 1 aromatic carbocycles. The van der Waals surface area contributed by atoms with Gasteiger partial charge in [0.2, 0.25) is 0 Å². The van der Waals surface area contributed by atoms with Gasteiger partial charge in [0.05, 0.1) is 0 Å². The Hall–Kier alpha value is 0.223. The first-order valence-electron chi connectivity index (χ1n) is 4.62. The number of anilines is 1. The van der Waals surface area contributed by atoms with E-state index in [2.05, 4.69) is 49.3 Å². The second kappa shape index (κ2) is 6.73. The van der Waals surface area contributed by atoms with Crippen LogP contribution in [0.3, 0.4) is 0 Å². The molecule has 0 saturated heterocycles. The molecule has 4 heteroatoms. The van der Waals surface area contributed by atoms with E-state index in [0.29, 0.717) is 0 Å². The van der Waals surface area contributed by atoms with Crippen LogP contribution in [0.2, 0.25) is 0 Å². The van der Waals surface area contributed by atoms with Gasteiger partial charge in [-0.25, -0.2) is 0 Å². The van der Waals surface area contributed by atoms with Gasteiger partial charge in [0.15, 0.2) is 0 Å². The van der Waals surface area contributed by atoms with Crippen LogP contribution in [0.5, 0.6) is 0 Å². The van der Waals surface area contributed by atoms with Crippen molar-refractivity contribution in [3.05, 3.63) is 35.4 Å². The van der Waals surface area contributed by atoms with E-state index in [4.69, 9.17) is 17.0 Å². The minimum absolute atomic E-state index is 0.826. The van der Waals surface area contributed by atoms with Gasteiger partial charge in [-0.15, -0.1) is 0 Å². The molecule has 0 unspecified atom stereocenters. The Kier molecular flexibility index (Phi) is 5.96. The molecular weight excluding hydrogens is 308 g/mol. The molecule has 0 radical (unpaired) electrons. The van der Waals surface area contributed by atoms with Crippen LogP contribution in [0.15, 0.2) is 24.3 Å². The summed E-state index contributed by atoms with van der Waals surface area (Å²) >= 11 is -0.826. The zero-order valence-corrected chi connectivity index (χ0v) is 12.8. The first kappa shape index (κ1) is 13.3. The van der Waals surface area contributed by atoms with Crippen LogP contribution < -0.4 is 4.90 Å². The Labute approximate surface area is 110 Å². The van der Waals surface area contributed by atoms with Gasteiger partial charge in [-0.3, -0.25) is 0 Å². The Morgan fingerprint density at radius 2 is 1.93 bits per heavy atom. The minimum atomic E-state index is -0.826. The molecule has 1 aliphatic rings. The third kappa shape index (κ3) is 3.94. The summed E-state index contributed by atoms with van der Waals surface area (Å²) in [5, 5.41) is 0. The number of halogens is 2. The number of benzene rings is 1. The molecule has 0 aliphatic heterocycles. The second-order valence-corrected chi connectivity index (χ2v) is 7.19. The average Bonchev–Trinajstić information content (AvgIpc) is 2.65. The maximum atomic E-state index is 4.93. The van der Waals surface area contributed by atoms with E-state index in [1.807, 2.05) is 0 Å². The van der Waals surface area contributed by atoms with E-state index in [9.17, 15) is 0 Å². The first-order valence-corrected chi connectivity index (χ1v) is 10.9. The van der Waals surface area contributed by atoms with Crippen molar-refractivity contribution in [2.45, 2.75) is 6.42 Å². The predicted molar refractivity (Wildman–Crippen MR) is 65.2 cm³/mol. The number of allylic oxidation sites excluding steroid dienone is 1. The first-order chi connectivity index (χ1) is 7.19. The van der Waals surface area contributed by atoms with Crippen molar-refractivity contribution in [3.8, 4) is 0 Å². The van der Waals surface area contributed by atoms with Gasteiger partial charge in [-0.1, -0.05) is 18.2 Å². The van der Waals surface area contributed by atoms with Gasteiger partial charge in [0.1, 0.15) is 0 Å². The van der Waals surface area contributed by atoms with Crippen LogP contribution >= 0.6 is 17.0 Å². The topological polar surface area (TPSA) is 3.24 Å². The Balaban J connectivity index is 0.000000337. The van der Waals surface area contributed by atoms with Crippen molar-refractivity contribution in [1.29, 1.82) is 0 Å². The standard InChI is InChI=1S/C11H13N.2ClH.Zr/c1-12(2)11-7-6-9-4-3-5-10(9)8-11;;;/h3,5-8H,4H2,1-2H3;2*1H;/q;;;+2/p-2. The van der Waals surface area contributed by atoms with Gasteiger partial charge in [0, 0.05) is 19.8 Å². The fraction of sp³-hybridized carbons (Fsp3) is 0.273. The van der Waals surface area contributed by atoms with Crippen LogP contribution in [0.1, 0.15) is 11.1 Å². The third-order valence-corrected chi connectivity index (χ3v) is 2.28. The van der Waals surface area contributed by atoms with Crippen molar-refractivity contribution >= 4 is 28.8 Å². The molecule has 2 rings (SSSR count). The zero-order chi connectivity index (χ0) is 11.3. The van der Waals surface area contributed by atoms with Gasteiger partial charge < -0.3 is 4.90 Å². The van der Waals surface area contributed by atoms with Gasteiger partial charge in [-0.2, -0.15) is 0 Å². The van der Waals surface area contributed by atoms with E-state index in [0.717, 1.165) is 6.42 Å². The Morgan fingerprint density at radius 1 is 1.27 bits per heavy atom. The van der Waals surface area contributed by atoms with Crippen LogP contribution in [-0.4, -0.2) is 14.1 Å². The van der Waals surface area contributed by atoms with Gasteiger partial charge in [0.25, 0.3) is 0 Å². The predicted octanol–water partition coefficient (Wildman–Crippen LogP) is 3.70. The average molecular weight is 321 g/mol. The monoisotopic (exact) mass is 319 g/mol. The van der Waals surface area contributed by atoms with Gasteiger partial charge >= 0.3 is 37.9 Å². The molecule has 15 heavy (non-hydrogen) atoms. The molecule has 1 nitrogen and oxygen atoms in total. The molecule has 0 heterocycles. The third-order valence-electron chi connectivity index (χ3n) is 2.28. The van der Waals surface area contributed by atoms with Crippen molar-refractivity contribution in [3.63, 3.8) is 0 Å². The zero-order valence-electron chi connectivity index (χ0n) is 8.80. The molecule has 1 aliphatic carbocycles. The summed E-state index contributed by atoms with van der Waals surface area (Å²) < 4.78 is 0. The molecule has 0 N–H and O–H groups in total. The Morgan fingerprint density at radius 3 is 2.53 bits per heavy atom. The molecule has 80 valence electrons. The van der Waals surface area contributed by atoms with Crippen LogP contribution in [0, 0.1) is 0 Å². The van der Waals surface area contributed by atoms with E-state index in [1.165, 1.54) is 16.8 Å². The number of fused-ring (bicyclic) bond motifs is 1. The molecule has 0 bridgehead atoms. The summed E-state index contributed by atoms with van der Waals surface area (Å²) in [5.41, 5.74) is 4.10. The molecule has 1 aromatic rings. The number of hydrogen-bond donors (Lipinski definition) is 0. The summed E-state index contributed by atoms with van der Waals surface area (Å²) in [7, 11) is 14.0. The Bertz CT molecular complexity index is 350. The van der Waals surface area contributed by atoms with E-state index >= 15 is 0 Å². The van der Waals surface area contributed by atoms with Crippen LogP contribution in [-0.2, 0) is 27.3 Å². The molecule has 0 fully saturated rings. The van der Waals surface area contributed by atoms with Crippen molar-refractivity contribution in [2.75, 3.05) is 19.0 Å². The van der Waals surface area contributed by atoms with Crippen LogP contribution in [0.4, 0.5) is 5.69 Å². The fourth-order valence-electron chi connectivity index (χ4n) is 1.51. The summed E-state index contributed by atoms with van der Waals surface area (Å²) in [6.07, 6.45) is 5.51. The number of nitrogens with zero attached hydrogens (tertiary/aromatic N) is 1. The van der Waals surface area contributed by atoms with Crippen LogP contribution in [0.25, 0.3) is 6.08 Å². The molecule has 0 spiro atoms. The van der Waals surface area contributed by atoms with Crippen molar-refractivity contribution in [2.24, 2.45) is 0 Å². The molecule has 0 amide bonds. The SMILES string of the molecule is CN(C)c1ccc2c(c1)C=CC2.[Cl][Zr][Cl]. The maximum absolute atomic E-state index is 4.93. The summed E-state index contributed by atoms with van der Waals surface area (Å²) in [6.45, 7) is 0. The van der Waals surface area contributed by atoms with E-state index in [1.54, 1.807) is 0 Å². The van der Waals surface area contributed by atoms with E-state index < -0.39 is 20.8 Å². The quantitative estimate of drug-likeness (QED) is 0.762. The molecule has 0 atom stereocenters. The summed E-state index contributed by atoms with van der Waals surface area (Å²) in [6, 6.07) is 6.62. The summed E-state index contributed by atoms with van der Waals surface area (Å²) in [5.74, 6) is 0. The fourth-order valence-corrected chi connectivity index (χ4v) is 1.51. The normalized spacial score (nSPS) is 11.5. The second-order valence-electron chi connectivity index (χ2n) is 3.46. The van der Waals surface area contributed by atoms with Gasteiger partial charge in [-0.05, 0) is 29.7 Å².